The van der Waals surface area contributed by atoms with E-state index in [1.165, 1.54) is 0 Å². The molecule has 0 atom stereocenters. The van der Waals surface area contributed by atoms with Gasteiger partial charge in [0.25, 0.3) is 6.47 Å². The molecule has 0 radical (unpaired) electrons. The molecule has 1 aromatic rings. The van der Waals surface area contributed by atoms with E-state index in [1.807, 2.05) is 6.07 Å². The van der Waals surface area contributed by atoms with Crippen molar-refractivity contribution in [2.45, 2.75) is 0 Å². The van der Waals surface area contributed by atoms with E-state index in [4.69, 9.17) is 0 Å². The van der Waals surface area contributed by atoms with Crippen LogP contribution in [0.3, 0.4) is 0 Å². The van der Waals surface area contributed by atoms with Crippen molar-refractivity contribution < 1.29 is 9.53 Å². The van der Waals surface area contributed by atoms with Gasteiger partial charge in [-0.3, -0.25) is 4.79 Å². The summed E-state index contributed by atoms with van der Waals surface area (Å²) in [5, 5.41) is 0. The van der Waals surface area contributed by atoms with Gasteiger partial charge in [0, 0.05) is 0 Å². The first-order valence-corrected chi connectivity index (χ1v) is 2.59. The molecule has 1 rings (SSSR count). The molecule has 2 nitrogen and oxygen atoms in total. The molecular formula is C7H7NaO2. The minimum atomic E-state index is 0. The molecule has 0 aliphatic rings. The van der Waals surface area contributed by atoms with Crippen molar-refractivity contribution in [1.29, 1.82) is 0 Å². The number of hydrogen-bond donors (Lipinski definition) is 0. The van der Waals surface area contributed by atoms with Crippen LogP contribution in [0.2, 0.25) is 0 Å². The van der Waals surface area contributed by atoms with E-state index < -0.39 is 0 Å². The van der Waals surface area contributed by atoms with Crippen LogP contribution in [0.1, 0.15) is 0 Å². The van der Waals surface area contributed by atoms with Gasteiger partial charge in [-0.25, -0.2) is 0 Å². The Bertz CT molecular complexity index is 186. The summed E-state index contributed by atoms with van der Waals surface area (Å²) in [7, 11) is 0. The Balaban J connectivity index is 0.000000810. The van der Waals surface area contributed by atoms with Crippen molar-refractivity contribution in [1.82, 2.24) is 0 Å². The van der Waals surface area contributed by atoms with Crippen molar-refractivity contribution in [2.75, 3.05) is 0 Å². The van der Waals surface area contributed by atoms with Crippen LogP contribution < -0.4 is 4.74 Å². The van der Waals surface area contributed by atoms with Crippen LogP contribution >= 0.6 is 0 Å². The summed E-state index contributed by atoms with van der Waals surface area (Å²) in [6, 6.07) is 8.90. The molecule has 3 heteroatoms. The number of ether oxygens (including phenoxy) is 1. The Morgan fingerprint density at radius 2 is 1.80 bits per heavy atom. The Morgan fingerprint density at radius 1 is 1.20 bits per heavy atom. The van der Waals surface area contributed by atoms with Gasteiger partial charge >= 0.3 is 29.6 Å². The van der Waals surface area contributed by atoms with E-state index in [2.05, 4.69) is 4.74 Å². The molecule has 0 fully saturated rings. The Morgan fingerprint density at radius 3 is 2.30 bits per heavy atom. The molecule has 0 bridgehead atoms. The molecular weight excluding hydrogens is 139 g/mol. The molecule has 48 valence electrons. The van der Waals surface area contributed by atoms with Gasteiger partial charge in [0.1, 0.15) is 5.75 Å². The summed E-state index contributed by atoms with van der Waals surface area (Å²) in [5.41, 5.74) is 0. The monoisotopic (exact) mass is 146 g/mol. The average molecular weight is 146 g/mol. The van der Waals surface area contributed by atoms with Crippen LogP contribution in [0.5, 0.6) is 5.75 Å². The fourth-order valence-electron chi connectivity index (χ4n) is 0.555. The van der Waals surface area contributed by atoms with E-state index in [0.717, 1.165) is 0 Å². The molecule has 0 saturated carbocycles. The topological polar surface area (TPSA) is 26.3 Å². The number of carbonyl (C=O) groups is 1. The molecule has 0 aromatic heterocycles. The standard InChI is InChI=1S/C7H6O2.Na.H/c8-6-9-7-4-2-1-3-5-7;;/h1-6H;;. The quantitative estimate of drug-likeness (QED) is 0.450. The van der Waals surface area contributed by atoms with Crippen molar-refractivity contribution in [3.63, 3.8) is 0 Å². The second-order valence-corrected chi connectivity index (χ2v) is 1.53. The first-order valence-electron chi connectivity index (χ1n) is 2.59. The second kappa shape index (κ2) is 5.47. The zero-order chi connectivity index (χ0) is 6.53. The van der Waals surface area contributed by atoms with Crippen LogP contribution in [0, 0.1) is 0 Å². The molecule has 0 unspecified atom stereocenters. The van der Waals surface area contributed by atoms with Crippen LogP contribution in [-0.4, -0.2) is 36.0 Å². The molecule has 0 aliphatic carbocycles. The Kier molecular flexibility index (Phi) is 5.30. The zero-order valence-electron chi connectivity index (χ0n) is 4.78. The van der Waals surface area contributed by atoms with Gasteiger partial charge in [-0.1, -0.05) is 18.2 Å². The average Bonchev–Trinajstić information content (AvgIpc) is 1.91. The van der Waals surface area contributed by atoms with E-state index in [-0.39, 0.29) is 29.6 Å². The number of para-hydroxylation sites is 1. The summed E-state index contributed by atoms with van der Waals surface area (Å²) >= 11 is 0. The Hall–Kier alpha value is -0.310. The predicted molar refractivity (Wildman–Crippen MR) is 40.3 cm³/mol. The molecule has 0 heterocycles. The van der Waals surface area contributed by atoms with Crippen molar-refractivity contribution >= 4 is 36.0 Å². The summed E-state index contributed by atoms with van der Waals surface area (Å²) in [5.74, 6) is 0.576. The van der Waals surface area contributed by atoms with Gasteiger partial charge in [-0.2, -0.15) is 0 Å². The molecule has 0 amide bonds. The van der Waals surface area contributed by atoms with E-state index >= 15 is 0 Å². The second-order valence-electron chi connectivity index (χ2n) is 1.53. The van der Waals surface area contributed by atoms with Crippen LogP contribution in [0.15, 0.2) is 30.3 Å². The van der Waals surface area contributed by atoms with E-state index in [1.54, 1.807) is 24.3 Å². The minimum absolute atomic E-state index is 0. The Labute approximate surface area is 81.5 Å². The van der Waals surface area contributed by atoms with Crippen molar-refractivity contribution in [2.24, 2.45) is 0 Å². The SMILES string of the molecule is O=COc1ccccc1.[NaH]. The molecule has 1 aromatic carbocycles. The van der Waals surface area contributed by atoms with Crippen LogP contribution in [0.4, 0.5) is 0 Å². The zero-order valence-corrected chi connectivity index (χ0v) is 4.78. The first kappa shape index (κ1) is 9.69. The number of hydrogen-bond acceptors (Lipinski definition) is 2. The predicted octanol–water partition coefficient (Wildman–Crippen LogP) is 0.573. The normalized spacial score (nSPS) is 7.60. The van der Waals surface area contributed by atoms with Gasteiger partial charge in [0.05, 0.1) is 0 Å². The van der Waals surface area contributed by atoms with Crippen molar-refractivity contribution in [3.8, 4) is 5.75 Å². The third kappa shape index (κ3) is 3.01. The molecule has 10 heavy (non-hydrogen) atoms. The molecule has 0 N–H and O–H groups in total. The van der Waals surface area contributed by atoms with Crippen molar-refractivity contribution in [3.05, 3.63) is 30.3 Å². The number of carbonyl (C=O) groups excluding carboxylic acids is 1. The van der Waals surface area contributed by atoms with Gasteiger partial charge in [-0.05, 0) is 12.1 Å². The maximum absolute atomic E-state index is 9.75. The third-order valence-corrected chi connectivity index (χ3v) is 0.927. The fourth-order valence-corrected chi connectivity index (χ4v) is 0.555. The number of benzene rings is 1. The van der Waals surface area contributed by atoms with E-state index in [9.17, 15) is 4.79 Å². The van der Waals surface area contributed by atoms with Gasteiger partial charge in [-0.15, -0.1) is 0 Å². The van der Waals surface area contributed by atoms with Crippen LogP contribution in [-0.2, 0) is 4.79 Å². The number of rotatable bonds is 2. The van der Waals surface area contributed by atoms with Gasteiger partial charge in [0.15, 0.2) is 0 Å². The third-order valence-electron chi connectivity index (χ3n) is 0.927. The maximum atomic E-state index is 9.75. The summed E-state index contributed by atoms with van der Waals surface area (Å²) < 4.78 is 4.53. The summed E-state index contributed by atoms with van der Waals surface area (Å²) in [4.78, 5) is 9.75. The first-order chi connectivity index (χ1) is 4.43. The summed E-state index contributed by atoms with van der Waals surface area (Å²) in [6.07, 6.45) is 0. The fraction of sp³-hybridized carbons (Fsp3) is 0. The van der Waals surface area contributed by atoms with Crippen LogP contribution in [0.25, 0.3) is 0 Å². The van der Waals surface area contributed by atoms with Gasteiger partial charge in [0.2, 0.25) is 0 Å². The van der Waals surface area contributed by atoms with Gasteiger partial charge < -0.3 is 4.74 Å². The molecule has 0 aliphatic heterocycles. The van der Waals surface area contributed by atoms with E-state index in [0.29, 0.717) is 12.2 Å². The molecule has 0 saturated heterocycles. The summed E-state index contributed by atoms with van der Waals surface area (Å²) in [6.45, 7) is 0.412. The molecule has 0 spiro atoms.